The van der Waals surface area contributed by atoms with Gasteiger partial charge in [0.2, 0.25) is 0 Å². The van der Waals surface area contributed by atoms with Crippen LogP contribution < -0.4 is 0 Å². The number of benzene rings is 1. The molecule has 0 saturated heterocycles. The Balaban J connectivity index is 2.34. The highest BCUT2D eigenvalue weighted by Crippen LogP contribution is 2.30. The van der Waals surface area contributed by atoms with E-state index in [1.807, 2.05) is 0 Å². The first-order valence-corrected chi connectivity index (χ1v) is 6.53. The summed E-state index contributed by atoms with van der Waals surface area (Å²) in [5, 5.41) is 0.937. The molecule has 1 aliphatic rings. The zero-order valence-corrected chi connectivity index (χ0v) is 11.1. The van der Waals surface area contributed by atoms with Gasteiger partial charge in [0.25, 0.3) is 0 Å². The molecule has 0 spiro atoms. The van der Waals surface area contributed by atoms with Gasteiger partial charge < -0.3 is 0 Å². The predicted molar refractivity (Wildman–Crippen MR) is 70.2 cm³/mol. The normalized spacial score (nSPS) is 16.6. The van der Waals surface area contributed by atoms with E-state index < -0.39 is 0 Å². The maximum absolute atomic E-state index is 6.33. The Kier molecular flexibility index (Phi) is 3.56. The molecular weight excluding hydrogens is 218 g/mol. The second-order valence-corrected chi connectivity index (χ2v) is 5.32. The molecule has 0 unspecified atom stereocenters. The quantitative estimate of drug-likeness (QED) is 0.756. The Labute approximate surface area is 103 Å². The Morgan fingerprint density at radius 3 is 2.69 bits per heavy atom. The molecule has 0 bridgehead atoms. The molecule has 88 valence electrons. The molecule has 0 fully saturated rings. The van der Waals surface area contributed by atoms with Crippen LogP contribution in [0.2, 0.25) is 5.02 Å². The summed E-state index contributed by atoms with van der Waals surface area (Å²) in [7, 11) is 0. The highest BCUT2D eigenvalue weighted by Gasteiger charge is 2.17. The van der Waals surface area contributed by atoms with E-state index in [1.165, 1.54) is 29.7 Å². The lowest BCUT2D eigenvalue weighted by Gasteiger charge is -2.28. The SMILES string of the molecule is CCN1CCc2cc(C(C)C)c(Cl)cc2C1. The minimum absolute atomic E-state index is 0.516. The Bertz CT molecular complexity index is 385. The lowest BCUT2D eigenvalue weighted by atomic mass is 9.93. The molecule has 2 rings (SSSR count). The molecule has 0 saturated carbocycles. The fourth-order valence-electron chi connectivity index (χ4n) is 2.37. The summed E-state index contributed by atoms with van der Waals surface area (Å²) in [5.74, 6) is 0.516. The van der Waals surface area contributed by atoms with Gasteiger partial charge in [-0.2, -0.15) is 0 Å². The average molecular weight is 238 g/mol. The molecule has 0 aromatic heterocycles. The molecule has 0 amide bonds. The van der Waals surface area contributed by atoms with E-state index in [-0.39, 0.29) is 0 Å². The molecule has 1 aromatic rings. The molecule has 16 heavy (non-hydrogen) atoms. The lowest BCUT2D eigenvalue weighted by Crippen LogP contribution is -2.30. The van der Waals surface area contributed by atoms with Crippen LogP contribution in [0.25, 0.3) is 0 Å². The summed E-state index contributed by atoms with van der Waals surface area (Å²) in [6.45, 7) is 9.99. The second kappa shape index (κ2) is 4.77. The van der Waals surface area contributed by atoms with Crippen molar-refractivity contribution in [3.8, 4) is 0 Å². The van der Waals surface area contributed by atoms with Gasteiger partial charge in [0.1, 0.15) is 0 Å². The zero-order chi connectivity index (χ0) is 11.7. The summed E-state index contributed by atoms with van der Waals surface area (Å²) in [6, 6.07) is 4.49. The lowest BCUT2D eigenvalue weighted by molar-refractivity contribution is 0.268. The van der Waals surface area contributed by atoms with Gasteiger partial charge in [-0.15, -0.1) is 0 Å². The largest absolute Gasteiger partial charge is 0.299 e. The number of nitrogens with zero attached hydrogens (tertiary/aromatic N) is 1. The van der Waals surface area contributed by atoms with Crippen molar-refractivity contribution in [1.82, 2.24) is 4.90 Å². The monoisotopic (exact) mass is 237 g/mol. The Morgan fingerprint density at radius 1 is 1.31 bits per heavy atom. The van der Waals surface area contributed by atoms with Crippen molar-refractivity contribution in [2.75, 3.05) is 13.1 Å². The maximum atomic E-state index is 6.33. The Morgan fingerprint density at radius 2 is 2.06 bits per heavy atom. The van der Waals surface area contributed by atoms with Crippen molar-refractivity contribution >= 4 is 11.6 Å². The van der Waals surface area contributed by atoms with Crippen molar-refractivity contribution in [1.29, 1.82) is 0 Å². The minimum Gasteiger partial charge on any atom is -0.299 e. The van der Waals surface area contributed by atoms with Crippen molar-refractivity contribution in [3.05, 3.63) is 33.8 Å². The summed E-state index contributed by atoms with van der Waals surface area (Å²) in [5.41, 5.74) is 4.21. The molecule has 2 heteroatoms. The number of likely N-dealkylation sites (N-methyl/N-ethyl adjacent to an activating group) is 1. The van der Waals surface area contributed by atoms with E-state index in [1.54, 1.807) is 0 Å². The number of halogens is 1. The van der Waals surface area contributed by atoms with E-state index in [0.29, 0.717) is 5.92 Å². The van der Waals surface area contributed by atoms with Gasteiger partial charge in [-0.3, -0.25) is 4.90 Å². The molecule has 0 atom stereocenters. The van der Waals surface area contributed by atoms with E-state index in [4.69, 9.17) is 11.6 Å². The van der Waals surface area contributed by atoms with Crippen LogP contribution in [0, 0.1) is 0 Å². The van der Waals surface area contributed by atoms with E-state index >= 15 is 0 Å². The van der Waals surface area contributed by atoms with Crippen LogP contribution in [0.3, 0.4) is 0 Å². The first-order valence-electron chi connectivity index (χ1n) is 6.15. The molecule has 0 N–H and O–H groups in total. The third-order valence-corrected chi connectivity index (χ3v) is 3.81. The highest BCUT2D eigenvalue weighted by molar-refractivity contribution is 6.31. The third kappa shape index (κ3) is 2.26. The van der Waals surface area contributed by atoms with Gasteiger partial charge in [0, 0.05) is 18.1 Å². The zero-order valence-electron chi connectivity index (χ0n) is 10.4. The van der Waals surface area contributed by atoms with E-state index in [0.717, 1.165) is 18.1 Å². The van der Waals surface area contributed by atoms with E-state index in [9.17, 15) is 0 Å². The number of rotatable bonds is 2. The van der Waals surface area contributed by atoms with Crippen molar-refractivity contribution < 1.29 is 0 Å². The molecule has 0 radical (unpaired) electrons. The fraction of sp³-hybridized carbons (Fsp3) is 0.571. The van der Waals surface area contributed by atoms with Gasteiger partial charge in [0.15, 0.2) is 0 Å². The molecule has 1 aromatic carbocycles. The predicted octanol–water partition coefficient (Wildman–Crippen LogP) is 3.84. The van der Waals surface area contributed by atoms with Crippen LogP contribution in [0.15, 0.2) is 12.1 Å². The Hall–Kier alpha value is -0.530. The fourth-order valence-corrected chi connectivity index (χ4v) is 2.77. The maximum Gasteiger partial charge on any atom is 0.0444 e. The number of hydrogen-bond donors (Lipinski definition) is 0. The van der Waals surface area contributed by atoms with Gasteiger partial charge in [-0.25, -0.2) is 0 Å². The van der Waals surface area contributed by atoms with Crippen LogP contribution in [0.5, 0.6) is 0 Å². The van der Waals surface area contributed by atoms with Crippen molar-refractivity contribution in [2.45, 2.75) is 39.7 Å². The summed E-state index contributed by atoms with van der Waals surface area (Å²) >= 11 is 6.33. The van der Waals surface area contributed by atoms with Gasteiger partial charge in [0.05, 0.1) is 0 Å². The van der Waals surface area contributed by atoms with Crippen LogP contribution in [-0.2, 0) is 13.0 Å². The van der Waals surface area contributed by atoms with Crippen molar-refractivity contribution in [3.63, 3.8) is 0 Å². The van der Waals surface area contributed by atoms with Gasteiger partial charge >= 0.3 is 0 Å². The first-order chi connectivity index (χ1) is 7.61. The highest BCUT2D eigenvalue weighted by atomic mass is 35.5. The molecule has 1 heterocycles. The smallest absolute Gasteiger partial charge is 0.0444 e. The van der Waals surface area contributed by atoms with E-state index in [2.05, 4.69) is 37.8 Å². The minimum atomic E-state index is 0.516. The van der Waals surface area contributed by atoms with Crippen LogP contribution in [0.4, 0.5) is 0 Å². The number of fused-ring (bicyclic) bond motifs is 1. The first kappa shape index (κ1) is 11.9. The summed E-state index contributed by atoms with van der Waals surface area (Å²) in [4.78, 5) is 2.47. The second-order valence-electron chi connectivity index (χ2n) is 4.92. The van der Waals surface area contributed by atoms with Crippen LogP contribution in [0.1, 0.15) is 43.4 Å². The number of hydrogen-bond acceptors (Lipinski definition) is 1. The van der Waals surface area contributed by atoms with Crippen LogP contribution >= 0.6 is 11.6 Å². The molecule has 1 nitrogen and oxygen atoms in total. The van der Waals surface area contributed by atoms with Gasteiger partial charge in [-0.05, 0) is 41.6 Å². The molecular formula is C14H20ClN. The third-order valence-electron chi connectivity index (χ3n) is 3.48. The summed E-state index contributed by atoms with van der Waals surface area (Å²) < 4.78 is 0. The molecule has 1 aliphatic heterocycles. The average Bonchev–Trinajstić information content (AvgIpc) is 2.27. The van der Waals surface area contributed by atoms with Gasteiger partial charge in [-0.1, -0.05) is 38.4 Å². The molecule has 0 aliphatic carbocycles. The topological polar surface area (TPSA) is 3.24 Å². The van der Waals surface area contributed by atoms with Crippen LogP contribution in [-0.4, -0.2) is 18.0 Å². The standard InChI is InChI=1S/C14H20ClN/c1-4-16-6-5-11-7-13(10(2)3)14(15)8-12(11)9-16/h7-8,10H,4-6,9H2,1-3H3. The summed E-state index contributed by atoms with van der Waals surface area (Å²) in [6.07, 6.45) is 1.17. The van der Waals surface area contributed by atoms with Crippen molar-refractivity contribution in [2.24, 2.45) is 0 Å².